The van der Waals surface area contributed by atoms with Crippen molar-refractivity contribution in [1.82, 2.24) is 24.1 Å². The number of hydrogen-bond acceptors (Lipinski definition) is 6. The first kappa shape index (κ1) is 20.6. The summed E-state index contributed by atoms with van der Waals surface area (Å²) in [5, 5.41) is 4.25. The minimum Gasteiger partial charge on any atom is -0.369 e. The van der Waals surface area contributed by atoms with Crippen LogP contribution in [0, 0.1) is 12.7 Å². The predicted octanol–water partition coefficient (Wildman–Crippen LogP) is 2.57. The predicted molar refractivity (Wildman–Crippen MR) is 108 cm³/mol. The van der Waals surface area contributed by atoms with Crippen LogP contribution in [0.15, 0.2) is 47.8 Å². The molecule has 2 aromatic heterocycles. The highest BCUT2D eigenvalue weighted by Crippen LogP contribution is 2.28. The Bertz CT molecular complexity index is 1160. The van der Waals surface area contributed by atoms with Crippen molar-refractivity contribution in [3.8, 4) is 11.3 Å². The van der Waals surface area contributed by atoms with Gasteiger partial charge in [0.2, 0.25) is 10.0 Å². The van der Waals surface area contributed by atoms with E-state index in [0.717, 1.165) is 0 Å². The average Bonchev–Trinajstić information content (AvgIpc) is 3.15. The van der Waals surface area contributed by atoms with Crippen molar-refractivity contribution in [3.05, 3.63) is 60.1 Å². The summed E-state index contributed by atoms with van der Waals surface area (Å²) >= 11 is 0. The van der Waals surface area contributed by atoms with E-state index in [4.69, 9.17) is 4.74 Å². The van der Waals surface area contributed by atoms with Crippen LogP contribution in [0.4, 0.5) is 4.39 Å². The lowest BCUT2D eigenvalue weighted by molar-refractivity contribution is -0.00509. The Morgan fingerprint density at radius 1 is 1.30 bits per heavy atom. The molecule has 1 atom stereocenters. The van der Waals surface area contributed by atoms with Crippen LogP contribution >= 0.6 is 0 Å². The first-order chi connectivity index (χ1) is 14.4. The number of halogens is 1. The van der Waals surface area contributed by atoms with E-state index in [1.807, 2.05) is 6.92 Å². The standard InChI is InChI=1S/C20H22FN5O3S/c1-3-25-13-20(14(2)24-25)30(27,28)26-7-8-29-19(12-26)18-11-22-10-17(23-18)15-5-4-6-16(21)9-15/h4-6,9-11,13,19H,3,7-8,12H2,1-2H3/t19-/m1/s1. The van der Waals surface area contributed by atoms with Crippen LogP contribution in [0.2, 0.25) is 0 Å². The molecule has 0 bridgehead atoms. The van der Waals surface area contributed by atoms with Crippen LogP contribution < -0.4 is 0 Å². The molecule has 0 saturated carbocycles. The van der Waals surface area contributed by atoms with Crippen LogP contribution in [0.5, 0.6) is 0 Å². The number of hydrogen-bond donors (Lipinski definition) is 0. The summed E-state index contributed by atoms with van der Waals surface area (Å²) in [7, 11) is -3.72. The molecule has 0 N–H and O–H groups in total. The van der Waals surface area contributed by atoms with Gasteiger partial charge in [0.25, 0.3) is 0 Å². The Morgan fingerprint density at radius 3 is 2.87 bits per heavy atom. The largest absolute Gasteiger partial charge is 0.369 e. The third-order valence-corrected chi connectivity index (χ3v) is 6.94. The number of sulfonamides is 1. The Labute approximate surface area is 174 Å². The van der Waals surface area contributed by atoms with Crippen molar-refractivity contribution in [3.63, 3.8) is 0 Å². The molecule has 0 spiro atoms. The zero-order chi connectivity index (χ0) is 21.3. The lowest BCUT2D eigenvalue weighted by atomic mass is 10.1. The summed E-state index contributed by atoms with van der Waals surface area (Å²) in [5.41, 5.74) is 2.05. The number of nitrogens with zero attached hydrogens (tertiary/aromatic N) is 5. The lowest BCUT2D eigenvalue weighted by Crippen LogP contribution is -2.42. The van der Waals surface area contributed by atoms with Gasteiger partial charge in [-0.25, -0.2) is 17.8 Å². The van der Waals surface area contributed by atoms with Gasteiger partial charge in [-0.05, 0) is 26.0 Å². The molecule has 10 heteroatoms. The van der Waals surface area contributed by atoms with Crippen LogP contribution in [0.25, 0.3) is 11.3 Å². The van der Waals surface area contributed by atoms with Crippen molar-refractivity contribution in [2.45, 2.75) is 31.4 Å². The summed E-state index contributed by atoms with van der Waals surface area (Å²) in [5.74, 6) is -0.367. The second kappa shape index (κ2) is 8.21. The number of aromatic nitrogens is 4. The van der Waals surface area contributed by atoms with Gasteiger partial charge < -0.3 is 4.74 Å². The van der Waals surface area contributed by atoms with Gasteiger partial charge in [-0.3, -0.25) is 9.67 Å². The third-order valence-electron chi connectivity index (χ3n) is 4.98. The molecule has 158 valence electrons. The molecule has 3 heterocycles. The zero-order valence-corrected chi connectivity index (χ0v) is 17.5. The molecule has 3 aromatic rings. The number of ether oxygens (including phenoxy) is 1. The van der Waals surface area contributed by atoms with Gasteiger partial charge in [0.1, 0.15) is 16.8 Å². The van der Waals surface area contributed by atoms with E-state index in [2.05, 4.69) is 15.1 Å². The first-order valence-electron chi connectivity index (χ1n) is 9.62. The van der Waals surface area contributed by atoms with Gasteiger partial charge in [0.15, 0.2) is 0 Å². The highest BCUT2D eigenvalue weighted by Gasteiger charge is 2.34. The van der Waals surface area contributed by atoms with Gasteiger partial charge in [-0.15, -0.1) is 0 Å². The fourth-order valence-corrected chi connectivity index (χ4v) is 4.99. The summed E-state index contributed by atoms with van der Waals surface area (Å²) < 4.78 is 48.7. The number of benzene rings is 1. The van der Waals surface area contributed by atoms with E-state index in [9.17, 15) is 12.8 Å². The highest BCUT2D eigenvalue weighted by molar-refractivity contribution is 7.89. The SMILES string of the molecule is CCn1cc(S(=O)(=O)N2CCO[C@@H](c3cncc(-c4cccc(F)c4)n3)C2)c(C)n1. The fourth-order valence-electron chi connectivity index (χ4n) is 3.40. The van der Waals surface area contributed by atoms with Crippen LogP contribution in [-0.2, 0) is 21.3 Å². The smallest absolute Gasteiger partial charge is 0.246 e. The van der Waals surface area contributed by atoms with Crippen molar-refractivity contribution in [2.24, 2.45) is 0 Å². The van der Waals surface area contributed by atoms with Crippen molar-refractivity contribution >= 4 is 10.0 Å². The zero-order valence-electron chi connectivity index (χ0n) is 16.7. The molecule has 1 saturated heterocycles. The van der Waals surface area contributed by atoms with Crippen LogP contribution in [0.3, 0.4) is 0 Å². The van der Waals surface area contributed by atoms with Gasteiger partial charge in [0.05, 0.1) is 36.1 Å². The third kappa shape index (κ3) is 3.98. The Balaban J connectivity index is 1.60. The van der Waals surface area contributed by atoms with Crippen LogP contribution in [-0.4, -0.2) is 52.2 Å². The summed E-state index contributed by atoms with van der Waals surface area (Å²) in [6, 6.07) is 6.07. The van der Waals surface area contributed by atoms with Crippen molar-refractivity contribution in [1.29, 1.82) is 0 Å². The van der Waals surface area contributed by atoms with Crippen LogP contribution in [0.1, 0.15) is 24.4 Å². The summed E-state index contributed by atoms with van der Waals surface area (Å²) in [6.07, 6.45) is 4.07. The topological polar surface area (TPSA) is 90.2 Å². The fraction of sp³-hybridized carbons (Fsp3) is 0.350. The molecular formula is C20H22FN5O3S. The summed E-state index contributed by atoms with van der Waals surface area (Å²) in [4.78, 5) is 8.93. The number of rotatable bonds is 5. The van der Waals surface area contributed by atoms with E-state index in [-0.39, 0.29) is 30.4 Å². The molecule has 1 fully saturated rings. The number of morpholine rings is 1. The minimum absolute atomic E-state index is 0.111. The first-order valence-corrected chi connectivity index (χ1v) is 11.1. The number of aryl methyl sites for hydroxylation is 2. The van der Waals surface area contributed by atoms with Crippen molar-refractivity contribution < 1.29 is 17.5 Å². The van der Waals surface area contributed by atoms with Gasteiger partial charge >= 0.3 is 0 Å². The minimum atomic E-state index is -3.72. The normalized spacial score (nSPS) is 17.9. The second-order valence-electron chi connectivity index (χ2n) is 7.00. The monoisotopic (exact) mass is 431 g/mol. The van der Waals surface area contributed by atoms with E-state index in [1.165, 1.54) is 22.6 Å². The van der Waals surface area contributed by atoms with Gasteiger partial charge in [-0.2, -0.15) is 9.40 Å². The maximum atomic E-state index is 13.6. The second-order valence-corrected chi connectivity index (χ2v) is 8.90. The molecule has 4 rings (SSSR count). The Hall–Kier alpha value is -2.69. The molecule has 0 aliphatic carbocycles. The Kier molecular flexibility index (Phi) is 5.63. The van der Waals surface area contributed by atoms with E-state index < -0.39 is 16.1 Å². The molecule has 0 unspecified atom stereocenters. The molecule has 1 aromatic carbocycles. The average molecular weight is 431 g/mol. The molecule has 8 nitrogen and oxygen atoms in total. The Morgan fingerprint density at radius 2 is 2.13 bits per heavy atom. The lowest BCUT2D eigenvalue weighted by Gasteiger charge is -2.31. The van der Waals surface area contributed by atoms with E-state index >= 15 is 0 Å². The summed E-state index contributed by atoms with van der Waals surface area (Å²) in [6.45, 7) is 4.76. The molecular weight excluding hydrogens is 409 g/mol. The van der Waals surface area contributed by atoms with Gasteiger partial charge in [0, 0.05) is 31.4 Å². The molecule has 1 aliphatic heterocycles. The maximum Gasteiger partial charge on any atom is 0.246 e. The highest BCUT2D eigenvalue weighted by atomic mass is 32.2. The van der Waals surface area contributed by atoms with Crippen molar-refractivity contribution in [2.75, 3.05) is 19.7 Å². The quantitative estimate of drug-likeness (QED) is 0.617. The molecule has 0 amide bonds. The van der Waals surface area contributed by atoms with E-state index in [0.29, 0.717) is 29.2 Å². The molecule has 0 radical (unpaired) electrons. The van der Waals surface area contributed by atoms with E-state index in [1.54, 1.807) is 36.1 Å². The van der Waals surface area contributed by atoms with Gasteiger partial charge in [-0.1, -0.05) is 12.1 Å². The molecule has 30 heavy (non-hydrogen) atoms. The molecule has 1 aliphatic rings. The maximum absolute atomic E-state index is 13.6.